The lowest BCUT2D eigenvalue weighted by molar-refractivity contribution is -0.143. The summed E-state index contributed by atoms with van der Waals surface area (Å²) >= 11 is 5.81. The first-order chi connectivity index (χ1) is 7.48. The van der Waals surface area contributed by atoms with E-state index in [0.717, 1.165) is 0 Å². The Labute approximate surface area is 99.2 Å². The zero-order valence-electron chi connectivity index (χ0n) is 9.16. The van der Waals surface area contributed by atoms with Crippen molar-refractivity contribution in [2.45, 2.75) is 12.5 Å². The Morgan fingerprint density at radius 2 is 2.31 bits per heavy atom. The van der Waals surface area contributed by atoms with Gasteiger partial charge in [-0.2, -0.15) is 0 Å². The number of hydrogen-bond acceptors (Lipinski definition) is 3. The van der Waals surface area contributed by atoms with Crippen LogP contribution in [0.1, 0.15) is 6.92 Å². The largest absolute Gasteiger partial charge is 0.479 e. The third kappa shape index (κ3) is 3.12. The lowest BCUT2D eigenvalue weighted by Crippen LogP contribution is -2.47. The van der Waals surface area contributed by atoms with Crippen molar-refractivity contribution in [3.8, 4) is 0 Å². The molecular weight excluding hydrogens is 230 g/mol. The summed E-state index contributed by atoms with van der Waals surface area (Å²) in [5.74, 6) is -0.977. The lowest BCUT2D eigenvalue weighted by Gasteiger charge is -2.26. The van der Waals surface area contributed by atoms with Crippen LogP contribution in [0.15, 0.2) is 24.3 Å². The van der Waals surface area contributed by atoms with Gasteiger partial charge in [-0.1, -0.05) is 17.7 Å². The Morgan fingerprint density at radius 3 is 2.81 bits per heavy atom. The summed E-state index contributed by atoms with van der Waals surface area (Å²) in [6.45, 7) is 1.62. The molecule has 0 saturated heterocycles. The van der Waals surface area contributed by atoms with E-state index >= 15 is 0 Å². The number of carboxylic acids is 1. The van der Waals surface area contributed by atoms with E-state index in [1.54, 1.807) is 31.2 Å². The van der Waals surface area contributed by atoms with Gasteiger partial charge in [-0.15, -0.1) is 0 Å². The molecule has 0 aromatic heterocycles. The Morgan fingerprint density at radius 1 is 1.62 bits per heavy atom. The number of aliphatic carboxylic acids is 1. The van der Waals surface area contributed by atoms with Gasteiger partial charge in [0.25, 0.3) is 0 Å². The predicted octanol–water partition coefficient (Wildman–Crippen LogP) is 2.24. The third-order valence-electron chi connectivity index (χ3n) is 2.15. The highest BCUT2D eigenvalue weighted by Crippen LogP contribution is 2.19. The van der Waals surface area contributed by atoms with E-state index in [9.17, 15) is 4.79 Å². The molecule has 0 aliphatic carbocycles. The molecule has 0 heterocycles. The summed E-state index contributed by atoms with van der Waals surface area (Å²) in [4.78, 5) is 11.1. The van der Waals surface area contributed by atoms with E-state index in [-0.39, 0.29) is 6.61 Å². The van der Waals surface area contributed by atoms with Crippen LogP contribution in [0, 0.1) is 0 Å². The van der Waals surface area contributed by atoms with Crippen molar-refractivity contribution in [1.82, 2.24) is 0 Å². The van der Waals surface area contributed by atoms with Gasteiger partial charge < -0.3 is 15.2 Å². The summed E-state index contributed by atoms with van der Waals surface area (Å²) in [6.07, 6.45) is 0. The summed E-state index contributed by atoms with van der Waals surface area (Å²) in [5, 5.41) is 12.6. The monoisotopic (exact) mass is 243 g/mol. The molecule has 1 aromatic carbocycles. The zero-order chi connectivity index (χ0) is 12.2. The van der Waals surface area contributed by atoms with E-state index in [1.165, 1.54) is 7.11 Å². The number of anilines is 1. The number of carbonyl (C=O) groups is 1. The molecule has 0 aliphatic rings. The third-order valence-corrected chi connectivity index (χ3v) is 2.38. The maximum Gasteiger partial charge on any atom is 0.331 e. The van der Waals surface area contributed by atoms with Crippen LogP contribution in [0.3, 0.4) is 0 Å². The topological polar surface area (TPSA) is 58.6 Å². The number of ether oxygens (including phenoxy) is 1. The van der Waals surface area contributed by atoms with Crippen molar-refractivity contribution >= 4 is 23.3 Å². The molecule has 1 atom stereocenters. The van der Waals surface area contributed by atoms with Crippen molar-refractivity contribution < 1.29 is 14.6 Å². The predicted molar refractivity (Wildman–Crippen MR) is 63.0 cm³/mol. The maximum absolute atomic E-state index is 11.1. The van der Waals surface area contributed by atoms with E-state index in [0.29, 0.717) is 10.7 Å². The first kappa shape index (κ1) is 12.8. The number of rotatable bonds is 5. The van der Waals surface area contributed by atoms with Gasteiger partial charge in [-0.05, 0) is 25.1 Å². The van der Waals surface area contributed by atoms with Crippen LogP contribution in [-0.4, -0.2) is 30.3 Å². The van der Waals surface area contributed by atoms with Gasteiger partial charge in [-0.3, -0.25) is 0 Å². The molecule has 16 heavy (non-hydrogen) atoms. The van der Waals surface area contributed by atoms with E-state index in [1.807, 2.05) is 0 Å². The van der Waals surface area contributed by atoms with Gasteiger partial charge in [0.2, 0.25) is 0 Å². The molecule has 1 rings (SSSR count). The maximum atomic E-state index is 11.1. The van der Waals surface area contributed by atoms with Gasteiger partial charge in [0, 0.05) is 17.8 Å². The molecule has 1 unspecified atom stereocenters. The molecule has 0 amide bonds. The number of halogens is 1. The Kier molecular flexibility index (Phi) is 4.15. The van der Waals surface area contributed by atoms with Crippen molar-refractivity contribution in [2.24, 2.45) is 0 Å². The summed E-state index contributed by atoms with van der Waals surface area (Å²) in [5.41, 5.74) is -0.520. The Bertz CT molecular complexity index is 383. The minimum atomic E-state index is -1.17. The van der Waals surface area contributed by atoms with Gasteiger partial charge >= 0.3 is 5.97 Å². The fraction of sp³-hybridized carbons (Fsp3) is 0.364. The van der Waals surface area contributed by atoms with Gasteiger partial charge in [0.05, 0.1) is 6.61 Å². The summed E-state index contributed by atoms with van der Waals surface area (Å²) < 4.78 is 4.89. The average Bonchev–Trinajstić information content (AvgIpc) is 2.17. The smallest absolute Gasteiger partial charge is 0.331 e. The minimum absolute atomic E-state index is 0.0643. The molecule has 0 spiro atoms. The van der Waals surface area contributed by atoms with Crippen molar-refractivity contribution in [2.75, 3.05) is 19.0 Å². The van der Waals surface area contributed by atoms with Crippen LogP contribution in [0.2, 0.25) is 5.02 Å². The molecule has 2 N–H and O–H groups in total. The van der Waals surface area contributed by atoms with E-state index < -0.39 is 11.5 Å². The van der Waals surface area contributed by atoms with Crippen molar-refractivity contribution in [3.05, 3.63) is 29.3 Å². The fourth-order valence-corrected chi connectivity index (χ4v) is 1.52. The molecule has 1 aromatic rings. The Balaban J connectivity index is 2.87. The standard InChI is InChI=1S/C11H14ClNO3/c1-11(7-16-2,10(14)15)13-9-5-3-4-8(12)6-9/h3-6,13H,7H2,1-2H3,(H,14,15). The number of methoxy groups -OCH3 is 1. The minimum Gasteiger partial charge on any atom is -0.479 e. The van der Waals surface area contributed by atoms with Crippen LogP contribution < -0.4 is 5.32 Å². The molecule has 0 fully saturated rings. The van der Waals surface area contributed by atoms with Crippen LogP contribution in [-0.2, 0) is 9.53 Å². The molecule has 0 aliphatic heterocycles. The normalized spacial score (nSPS) is 14.2. The second-order valence-corrected chi connectivity index (χ2v) is 4.14. The van der Waals surface area contributed by atoms with Crippen LogP contribution >= 0.6 is 11.6 Å². The SMILES string of the molecule is COCC(C)(Nc1cccc(Cl)c1)C(=O)O. The lowest BCUT2D eigenvalue weighted by atomic mass is 10.0. The highest BCUT2D eigenvalue weighted by molar-refractivity contribution is 6.30. The fourth-order valence-electron chi connectivity index (χ4n) is 1.32. The van der Waals surface area contributed by atoms with Crippen LogP contribution in [0.5, 0.6) is 0 Å². The van der Waals surface area contributed by atoms with Crippen molar-refractivity contribution in [1.29, 1.82) is 0 Å². The van der Waals surface area contributed by atoms with Gasteiger partial charge in [0.1, 0.15) is 0 Å². The Hall–Kier alpha value is -1.26. The number of benzene rings is 1. The first-order valence-corrected chi connectivity index (χ1v) is 5.12. The molecule has 5 heteroatoms. The summed E-state index contributed by atoms with van der Waals surface area (Å²) in [6, 6.07) is 6.89. The number of carboxylic acid groups (broad SMARTS) is 1. The molecule has 0 saturated carbocycles. The second kappa shape index (κ2) is 5.18. The molecule has 0 radical (unpaired) electrons. The average molecular weight is 244 g/mol. The molecule has 0 bridgehead atoms. The highest BCUT2D eigenvalue weighted by atomic mass is 35.5. The van der Waals surface area contributed by atoms with E-state index in [4.69, 9.17) is 21.4 Å². The second-order valence-electron chi connectivity index (χ2n) is 3.71. The van der Waals surface area contributed by atoms with Gasteiger partial charge in [0.15, 0.2) is 5.54 Å². The van der Waals surface area contributed by atoms with E-state index in [2.05, 4.69) is 5.32 Å². The zero-order valence-corrected chi connectivity index (χ0v) is 9.91. The highest BCUT2D eigenvalue weighted by Gasteiger charge is 2.33. The van der Waals surface area contributed by atoms with Crippen LogP contribution in [0.4, 0.5) is 5.69 Å². The first-order valence-electron chi connectivity index (χ1n) is 4.74. The molecule has 88 valence electrons. The quantitative estimate of drug-likeness (QED) is 0.833. The molecular formula is C11H14ClNO3. The van der Waals surface area contributed by atoms with Crippen LogP contribution in [0.25, 0.3) is 0 Å². The summed E-state index contributed by atoms with van der Waals surface area (Å²) in [7, 11) is 1.46. The number of nitrogens with one attached hydrogen (secondary N) is 1. The van der Waals surface area contributed by atoms with Gasteiger partial charge in [-0.25, -0.2) is 4.79 Å². The number of hydrogen-bond donors (Lipinski definition) is 2. The molecule has 4 nitrogen and oxygen atoms in total. The van der Waals surface area contributed by atoms with Crippen molar-refractivity contribution in [3.63, 3.8) is 0 Å².